The Hall–Kier alpha value is -2.05. The molecule has 0 bridgehead atoms. The summed E-state index contributed by atoms with van der Waals surface area (Å²) < 4.78 is 42.4. The minimum Gasteiger partial charge on any atom is -0.402 e. The van der Waals surface area contributed by atoms with Gasteiger partial charge in [-0.2, -0.15) is 8.78 Å². The molecule has 0 aliphatic heterocycles. The van der Waals surface area contributed by atoms with Gasteiger partial charge in [0.1, 0.15) is 5.82 Å². The van der Waals surface area contributed by atoms with E-state index in [1.54, 1.807) is 12.1 Å². The first-order valence-electron chi connectivity index (χ1n) is 6.75. The van der Waals surface area contributed by atoms with Crippen molar-refractivity contribution in [2.75, 3.05) is 5.32 Å². The van der Waals surface area contributed by atoms with E-state index >= 15 is 0 Å². The topological polar surface area (TPSA) is 51.0 Å². The zero-order chi connectivity index (χ0) is 14.8. The first kappa shape index (κ1) is 13.9. The van der Waals surface area contributed by atoms with Gasteiger partial charge < -0.3 is 9.73 Å². The molecule has 112 valence electrons. The summed E-state index contributed by atoms with van der Waals surface area (Å²) >= 11 is 0. The van der Waals surface area contributed by atoms with Crippen LogP contribution in [0.3, 0.4) is 0 Å². The number of rotatable bonds is 4. The smallest absolute Gasteiger partial charge is 0.315 e. The molecule has 3 rings (SSSR count). The molecule has 21 heavy (non-hydrogen) atoms. The Morgan fingerprint density at radius 1 is 1.14 bits per heavy atom. The Balaban J connectivity index is 1.60. The second-order valence-electron chi connectivity index (χ2n) is 5.15. The van der Waals surface area contributed by atoms with Crippen molar-refractivity contribution in [1.29, 1.82) is 0 Å². The summed E-state index contributed by atoms with van der Waals surface area (Å²) in [6, 6.07) is 6.57. The van der Waals surface area contributed by atoms with Crippen molar-refractivity contribution < 1.29 is 17.6 Å². The van der Waals surface area contributed by atoms with E-state index in [1.165, 1.54) is 12.1 Å². The Bertz CT molecular complexity index is 600. The van der Waals surface area contributed by atoms with E-state index in [4.69, 9.17) is 4.42 Å². The maximum Gasteiger partial charge on any atom is 0.315 e. The summed E-state index contributed by atoms with van der Waals surface area (Å²) in [4.78, 5) is 0. The number of nitrogens with zero attached hydrogens (tertiary/aromatic N) is 2. The third-order valence-electron chi connectivity index (χ3n) is 3.73. The normalized spacial score (nSPS) is 21.9. The molecule has 1 aromatic heterocycles. The fraction of sp³-hybridized carbons (Fsp3) is 0.429. The molecular formula is C14H14F3N3O. The highest BCUT2D eigenvalue weighted by Gasteiger charge is 2.27. The average Bonchev–Trinajstić information content (AvgIpc) is 3.10. The largest absolute Gasteiger partial charge is 0.402 e. The molecule has 1 aliphatic carbocycles. The van der Waals surface area contributed by atoms with Crippen LogP contribution in [0.1, 0.15) is 43.1 Å². The standard InChI is InChI=1S/C14H14F3N3O/c15-10-4-1-8(2-5-10)9-3-6-11(7-9)18-14-20-19-13(21-14)12(16)17/h1-2,4-5,9,11-12H,3,6-7H2,(H,18,20)/t9-,11-/m0/s1. The Morgan fingerprint density at radius 2 is 1.90 bits per heavy atom. The predicted octanol–water partition coefficient (Wildman–Crippen LogP) is 3.89. The summed E-state index contributed by atoms with van der Waals surface area (Å²) in [7, 11) is 0. The van der Waals surface area contributed by atoms with Crippen molar-refractivity contribution in [1.82, 2.24) is 10.2 Å². The summed E-state index contributed by atoms with van der Waals surface area (Å²) in [6.45, 7) is 0. The molecule has 1 saturated carbocycles. The molecular weight excluding hydrogens is 283 g/mol. The van der Waals surface area contributed by atoms with Gasteiger partial charge in [0, 0.05) is 6.04 Å². The average molecular weight is 297 g/mol. The van der Waals surface area contributed by atoms with Crippen molar-refractivity contribution in [2.45, 2.75) is 37.6 Å². The Kier molecular flexibility index (Phi) is 3.81. The van der Waals surface area contributed by atoms with Crippen molar-refractivity contribution in [3.05, 3.63) is 41.5 Å². The summed E-state index contributed by atoms with van der Waals surface area (Å²) in [5, 5.41) is 9.81. The van der Waals surface area contributed by atoms with Crippen LogP contribution in [0.5, 0.6) is 0 Å². The number of benzene rings is 1. The minimum atomic E-state index is -2.76. The highest BCUT2D eigenvalue weighted by molar-refractivity contribution is 5.26. The van der Waals surface area contributed by atoms with E-state index in [2.05, 4.69) is 15.5 Å². The molecule has 0 radical (unpaired) electrons. The molecule has 2 aromatic rings. The fourth-order valence-corrected chi connectivity index (χ4v) is 2.71. The van der Waals surface area contributed by atoms with Crippen LogP contribution in [0.2, 0.25) is 0 Å². The molecule has 0 unspecified atom stereocenters. The zero-order valence-electron chi connectivity index (χ0n) is 11.1. The first-order chi connectivity index (χ1) is 10.1. The quantitative estimate of drug-likeness (QED) is 0.930. The van der Waals surface area contributed by atoms with Crippen molar-refractivity contribution in [3.8, 4) is 0 Å². The zero-order valence-corrected chi connectivity index (χ0v) is 11.1. The summed E-state index contributed by atoms with van der Waals surface area (Å²) in [5.74, 6) is -0.608. The molecule has 0 spiro atoms. The van der Waals surface area contributed by atoms with Gasteiger partial charge in [0.15, 0.2) is 0 Å². The van der Waals surface area contributed by atoms with Gasteiger partial charge in [0.25, 0.3) is 5.89 Å². The molecule has 0 amide bonds. The van der Waals surface area contributed by atoms with Crippen molar-refractivity contribution >= 4 is 6.01 Å². The SMILES string of the molecule is Fc1ccc([C@H]2CC[C@H](Nc3nnc(C(F)F)o3)C2)cc1. The van der Waals surface area contributed by atoms with Crippen molar-refractivity contribution in [2.24, 2.45) is 0 Å². The highest BCUT2D eigenvalue weighted by Crippen LogP contribution is 2.35. The molecule has 2 atom stereocenters. The number of alkyl halides is 2. The van der Waals surface area contributed by atoms with E-state index in [1.807, 2.05) is 0 Å². The number of aromatic nitrogens is 2. The van der Waals surface area contributed by atoms with E-state index in [0.29, 0.717) is 5.92 Å². The first-order valence-corrected chi connectivity index (χ1v) is 6.75. The van der Waals surface area contributed by atoms with Crippen LogP contribution in [0.15, 0.2) is 28.7 Å². The Morgan fingerprint density at radius 3 is 2.57 bits per heavy atom. The van der Waals surface area contributed by atoms with Gasteiger partial charge in [-0.25, -0.2) is 4.39 Å². The lowest BCUT2D eigenvalue weighted by Crippen LogP contribution is -2.15. The summed E-state index contributed by atoms with van der Waals surface area (Å²) in [5.41, 5.74) is 1.08. The van der Waals surface area contributed by atoms with Crippen LogP contribution >= 0.6 is 0 Å². The van der Waals surface area contributed by atoms with E-state index in [9.17, 15) is 13.2 Å². The maximum atomic E-state index is 12.9. The van der Waals surface area contributed by atoms with E-state index in [0.717, 1.165) is 24.8 Å². The van der Waals surface area contributed by atoms with Gasteiger partial charge in [-0.05, 0) is 42.9 Å². The van der Waals surface area contributed by atoms with Gasteiger partial charge in [-0.1, -0.05) is 17.2 Å². The predicted molar refractivity (Wildman–Crippen MR) is 69.7 cm³/mol. The molecule has 1 aliphatic rings. The van der Waals surface area contributed by atoms with Gasteiger partial charge in [-0.3, -0.25) is 0 Å². The van der Waals surface area contributed by atoms with Crippen LogP contribution in [0.25, 0.3) is 0 Å². The van der Waals surface area contributed by atoms with Crippen LogP contribution in [-0.4, -0.2) is 16.2 Å². The lowest BCUT2D eigenvalue weighted by Gasteiger charge is -2.12. The second-order valence-corrected chi connectivity index (χ2v) is 5.15. The van der Waals surface area contributed by atoms with Crippen LogP contribution in [0, 0.1) is 5.82 Å². The number of halogens is 3. The van der Waals surface area contributed by atoms with Crippen LogP contribution in [-0.2, 0) is 0 Å². The maximum absolute atomic E-state index is 12.9. The second kappa shape index (κ2) is 5.75. The third-order valence-corrected chi connectivity index (χ3v) is 3.73. The number of anilines is 1. The number of hydrogen-bond donors (Lipinski definition) is 1. The van der Waals surface area contributed by atoms with Gasteiger partial charge >= 0.3 is 12.4 Å². The molecule has 4 nitrogen and oxygen atoms in total. The third kappa shape index (κ3) is 3.17. The highest BCUT2D eigenvalue weighted by atomic mass is 19.3. The molecule has 1 aromatic carbocycles. The molecule has 7 heteroatoms. The molecule has 0 saturated heterocycles. The number of hydrogen-bond acceptors (Lipinski definition) is 4. The van der Waals surface area contributed by atoms with Gasteiger partial charge in [-0.15, -0.1) is 5.10 Å². The van der Waals surface area contributed by atoms with Gasteiger partial charge in [0.2, 0.25) is 0 Å². The van der Waals surface area contributed by atoms with E-state index < -0.39 is 12.3 Å². The van der Waals surface area contributed by atoms with Crippen LogP contribution in [0.4, 0.5) is 19.2 Å². The summed E-state index contributed by atoms with van der Waals surface area (Å²) in [6.07, 6.45) is -0.130. The lowest BCUT2D eigenvalue weighted by molar-refractivity contribution is 0.116. The monoisotopic (exact) mass is 297 g/mol. The molecule has 1 fully saturated rings. The minimum absolute atomic E-state index is 0.0232. The lowest BCUT2D eigenvalue weighted by atomic mass is 9.97. The van der Waals surface area contributed by atoms with Crippen LogP contribution < -0.4 is 5.32 Å². The fourth-order valence-electron chi connectivity index (χ4n) is 2.71. The van der Waals surface area contributed by atoms with Crippen molar-refractivity contribution in [3.63, 3.8) is 0 Å². The molecule has 1 heterocycles. The molecule has 1 N–H and O–H groups in total. The Labute approximate surface area is 119 Å². The van der Waals surface area contributed by atoms with Gasteiger partial charge in [0.05, 0.1) is 0 Å². The number of nitrogens with one attached hydrogen (secondary N) is 1. The van der Waals surface area contributed by atoms with E-state index in [-0.39, 0.29) is 17.9 Å².